The zero-order valence-electron chi connectivity index (χ0n) is 19.1. The van der Waals surface area contributed by atoms with Crippen molar-refractivity contribution in [2.45, 2.75) is 18.8 Å². The second-order valence-corrected chi connectivity index (χ2v) is 10.0. The van der Waals surface area contributed by atoms with Gasteiger partial charge in [-0.05, 0) is 36.6 Å². The number of morpholine rings is 1. The maximum atomic E-state index is 13.5. The van der Waals surface area contributed by atoms with Crippen LogP contribution in [-0.4, -0.2) is 60.2 Å². The number of ether oxygens (including phenoxy) is 1. The molecular formula is C27H28N4O2S. The Morgan fingerprint density at radius 1 is 0.971 bits per heavy atom. The number of carbonyl (C=O) groups is 1. The smallest absolute Gasteiger partial charge is 0.264 e. The number of hydrogen-bond donors (Lipinski definition) is 1. The van der Waals surface area contributed by atoms with E-state index in [1.165, 1.54) is 5.00 Å². The highest BCUT2D eigenvalue weighted by molar-refractivity contribution is 7.18. The number of nitrogens with zero attached hydrogens (tertiary/aromatic N) is 3. The second kappa shape index (κ2) is 9.24. The molecule has 0 unspecified atom stereocenters. The van der Waals surface area contributed by atoms with Gasteiger partial charge in [0, 0.05) is 37.7 Å². The number of fused-ring (bicyclic) bond motifs is 1. The molecule has 4 aromatic rings. The highest BCUT2D eigenvalue weighted by Gasteiger charge is 2.29. The average Bonchev–Trinajstić information content (AvgIpc) is 3.55. The predicted octanol–water partition coefficient (Wildman–Crippen LogP) is 5.15. The van der Waals surface area contributed by atoms with Crippen LogP contribution in [0, 0.1) is 0 Å². The van der Waals surface area contributed by atoms with Crippen molar-refractivity contribution in [2.75, 3.05) is 44.3 Å². The lowest BCUT2D eigenvalue weighted by atomic mass is 9.96. The fourth-order valence-electron chi connectivity index (χ4n) is 4.99. The molecule has 2 aliphatic heterocycles. The molecule has 6 nitrogen and oxygen atoms in total. The van der Waals surface area contributed by atoms with Gasteiger partial charge >= 0.3 is 0 Å². The summed E-state index contributed by atoms with van der Waals surface area (Å²) in [7, 11) is 0. The van der Waals surface area contributed by atoms with Crippen LogP contribution >= 0.6 is 11.3 Å². The maximum absolute atomic E-state index is 13.5. The van der Waals surface area contributed by atoms with Crippen molar-refractivity contribution in [3.8, 4) is 11.1 Å². The van der Waals surface area contributed by atoms with Crippen molar-refractivity contribution in [3.05, 3.63) is 71.4 Å². The monoisotopic (exact) mass is 472 g/mol. The third-order valence-electron chi connectivity index (χ3n) is 6.88. The van der Waals surface area contributed by atoms with Crippen molar-refractivity contribution >= 4 is 33.3 Å². The van der Waals surface area contributed by atoms with Crippen molar-refractivity contribution in [1.29, 1.82) is 0 Å². The molecule has 2 aromatic heterocycles. The third kappa shape index (κ3) is 4.10. The van der Waals surface area contributed by atoms with Crippen LogP contribution in [0.5, 0.6) is 0 Å². The quantitative estimate of drug-likeness (QED) is 0.446. The number of aromatic amines is 1. The molecule has 0 radical (unpaired) electrons. The Labute approximate surface area is 203 Å². The van der Waals surface area contributed by atoms with E-state index in [2.05, 4.69) is 46.3 Å². The summed E-state index contributed by atoms with van der Waals surface area (Å²) in [6.07, 6.45) is 1.86. The van der Waals surface area contributed by atoms with Crippen LogP contribution in [-0.2, 0) is 4.74 Å². The summed E-state index contributed by atoms with van der Waals surface area (Å²) in [6, 6.07) is 20.6. The summed E-state index contributed by atoms with van der Waals surface area (Å²) in [6.45, 7) is 4.68. The fourth-order valence-corrected chi connectivity index (χ4v) is 6.19. The number of thiophene rings is 1. The van der Waals surface area contributed by atoms with E-state index in [9.17, 15) is 4.79 Å². The number of imidazole rings is 1. The predicted molar refractivity (Wildman–Crippen MR) is 137 cm³/mol. The molecule has 2 saturated heterocycles. The highest BCUT2D eigenvalue weighted by atomic mass is 32.1. The molecule has 0 spiro atoms. The summed E-state index contributed by atoms with van der Waals surface area (Å²) >= 11 is 1.62. The van der Waals surface area contributed by atoms with Crippen LogP contribution in [0.2, 0.25) is 0 Å². The van der Waals surface area contributed by atoms with Crippen LogP contribution in [0.25, 0.3) is 22.2 Å². The van der Waals surface area contributed by atoms with E-state index < -0.39 is 0 Å². The molecule has 0 atom stereocenters. The van der Waals surface area contributed by atoms with Gasteiger partial charge in [0.15, 0.2) is 0 Å². The number of nitrogens with one attached hydrogen (secondary N) is 1. The zero-order chi connectivity index (χ0) is 22.9. The highest BCUT2D eigenvalue weighted by Crippen LogP contribution is 2.40. The van der Waals surface area contributed by atoms with E-state index in [0.717, 1.165) is 85.1 Å². The third-order valence-corrected chi connectivity index (χ3v) is 8.07. The van der Waals surface area contributed by atoms with Gasteiger partial charge in [-0.3, -0.25) is 4.79 Å². The number of carbonyl (C=O) groups excluding carboxylic acids is 1. The number of para-hydroxylation sites is 2. The minimum Gasteiger partial charge on any atom is -0.378 e. The molecule has 1 amide bonds. The van der Waals surface area contributed by atoms with Gasteiger partial charge in [0.25, 0.3) is 5.91 Å². The largest absolute Gasteiger partial charge is 0.378 e. The van der Waals surface area contributed by atoms with Crippen LogP contribution in [0.1, 0.15) is 34.3 Å². The number of H-pyrrole nitrogens is 1. The second-order valence-electron chi connectivity index (χ2n) is 9.00. The van der Waals surface area contributed by atoms with Crippen LogP contribution in [0.15, 0.2) is 60.7 Å². The van der Waals surface area contributed by atoms with E-state index in [0.29, 0.717) is 5.92 Å². The summed E-state index contributed by atoms with van der Waals surface area (Å²) in [4.78, 5) is 27.0. The molecule has 0 saturated carbocycles. The normalized spacial score (nSPS) is 17.4. The number of hydrogen-bond acceptors (Lipinski definition) is 5. The standard InChI is InChI=1S/C27H28N4O2S/c32-26(30-12-10-20(11-13-30)25-28-22-8-4-5-9-23(22)29-25)24-18-21(19-6-2-1-3-7-19)27(34-24)31-14-16-33-17-15-31/h1-9,18,20H,10-17H2,(H,28,29). The van der Waals surface area contributed by atoms with Gasteiger partial charge in [0.1, 0.15) is 5.82 Å². The lowest BCUT2D eigenvalue weighted by molar-refractivity contribution is 0.0716. The topological polar surface area (TPSA) is 61.5 Å². The van der Waals surface area contributed by atoms with Crippen LogP contribution < -0.4 is 4.90 Å². The van der Waals surface area contributed by atoms with Gasteiger partial charge in [0.05, 0.1) is 34.1 Å². The lowest BCUT2D eigenvalue weighted by Gasteiger charge is -2.31. The number of benzene rings is 2. The van der Waals surface area contributed by atoms with E-state index >= 15 is 0 Å². The Bertz CT molecular complexity index is 1250. The number of anilines is 1. The van der Waals surface area contributed by atoms with E-state index in [-0.39, 0.29) is 5.91 Å². The van der Waals surface area contributed by atoms with Crippen LogP contribution in [0.3, 0.4) is 0 Å². The van der Waals surface area contributed by atoms with Gasteiger partial charge in [-0.15, -0.1) is 11.3 Å². The molecule has 0 bridgehead atoms. The summed E-state index contributed by atoms with van der Waals surface area (Å²) < 4.78 is 5.56. The van der Waals surface area contributed by atoms with E-state index in [1.54, 1.807) is 11.3 Å². The minimum absolute atomic E-state index is 0.143. The molecule has 174 valence electrons. The Kier molecular flexibility index (Phi) is 5.81. The lowest BCUT2D eigenvalue weighted by Crippen LogP contribution is -2.37. The number of aromatic nitrogens is 2. The van der Waals surface area contributed by atoms with E-state index in [1.807, 2.05) is 29.2 Å². The van der Waals surface area contributed by atoms with Crippen molar-refractivity contribution in [1.82, 2.24) is 14.9 Å². The number of likely N-dealkylation sites (tertiary alicyclic amines) is 1. The molecule has 0 aliphatic carbocycles. The maximum Gasteiger partial charge on any atom is 0.264 e. The fraction of sp³-hybridized carbons (Fsp3) is 0.333. The SMILES string of the molecule is O=C(c1cc(-c2ccccc2)c(N2CCOCC2)s1)N1CCC(c2nc3ccccc3[nH]2)CC1. The van der Waals surface area contributed by atoms with Gasteiger partial charge in [0.2, 0.25) is 0 Å². The van der Waals surface area contributed by atoms with E-state index in [4.69, 9.17) is 9.72 Å². The van der Waals surface area contributed by atoms with Crippen LogP contribution in [0.4, 0.5) is 5.00 Å². The number of rotatable bonds is 4. The minimum atomic E-state index is 0.143. The molecule has 2 fully saturated rings. The Hall–Kier alpha value is -3.16. The van der Waals surface area contributed by atoms with Gasteiger partial charge in [-0.2, -0.15) is 0 Å². The first-order chi connectivity index (χ1) is 16.8. The summed E-state index contributed by atoms with van der Waals surface area (Å²) in [5.41, 5.74) is 4.40. The Morgan fingerprint density at radius 3 is 2.47 bits per heavy atom. The van der Waals surface area contributed by atoms with Crippen molar-refractivity contribution in [3.63, 3.8) is 0 Å². The first-order valence-electron chi connectivity index (χ1n) is 12.0. The molecule has 6 rings (SSSR count). The average molecular weight is 473 g/mol. The van der Waals surface area contributed by atoms with Crippen molar-refractivity contribution < 1.29 is 9.53 Å². The number of piperidine rings is 1. The molecule has 34 heavy (non-hydrogen) atoms. The van der Waals surface area contributed by atoms with Gasteiger partial charge in [-0.25, -0.2) is 4.98 Å². The first kappa shape index (κ1) is 21.4. The first-order valence-corrected chi connectivity index (χ1v) is 12.8. The van der Waals surface area contributed by atoms with Crippen molar-refractivity contribution in [2.24, 2.45) is 0 Å². The molecule has 1 N–H and O–H groups in total. The van der Waals surface area contributed by atoms with Gasteiger partial charge in [-0.1, -0.05) is 42.5 Å². The molecule has 2 aromatic carbocycles. The summed E-state index contributed by atoms with van der Waals surface area (Å²) in [5.74, 6) is 1.55. The van der Waals surface area contributed by atoms with Gasteiger partial charge < -0.3 is 19.5 Å². The molecule has 2 aliphatic rings. The molecule has 7 heteroatoms. The summed E-state index contributed by atoms with van der Waals surface area (Å²) in [5, 5.41) is 1.18. The molecule has 4 heterocycles. The Balaban J connectivity index is 1.21. The molecular weight excluding hydrogens is 444 g/mol. The number of amides is 1. The zero-order valence-corrected chi connectivity index (χ0v) is 19.9. The Morgan fingerprint density at radius 2 is 1.71 bits per heavy atom.